The molecular weight excluding hydrogens is 272 g/mol. The fourth-order valence-electron chi connectivity index (χ4n) is 2.61. The Kier molecular flexibility index (Phi) is 3.38. The molecule has 20 heavy (non-hydrogen) atoms. The molecule has 0 spiro atoms. The highest BCUT2D eigenvalue weighted by molar-refractivity contribution is 6.30. The summed E-state index contributed by atoms with van der Waals surface area (Å²) in [5.41, 5.74) is 1.40. The van der Waals surface area contributed by atoms with E-state index in [1.807, 2.05) is 31.3 Å². The van der Waals surface area contributed by atoms with Gasteiger partial charge in [-0.15, -0.1) is 0 Å². The summed E-state index contributed by atoms with van der Waals surface area (Å²) in [7, 11) is 1.86. The van der Waals surface area contributed by atoms with Crippen molar-refractivity contribution in [1.29, 1.82) is 0 Å². The van der Waals surface area contributed by atoms with E-state index in [9.17, 15) is 4.79 Å². The average molecular weight is 289 g/mol. The number of hydrogen-bond donors (Lipinski definition) is 0. The molecule has 1 aromatic carbocycles. The highest BCUT2D eigenvalue weighted by Gasteiger charge is 2.34. The quantitative estimate of drug-likeness (QED) is 0.808. The average Bonchev–Trinajstić information content (AvgIpc) is 3.12. The minimum absolute atomic E-state index is 0.0181. The number of aromatic nitrogens is 1. The summed E-state index contributed by atoms with van der Waals surface area (Å²) in [5.74, 6) is 1.40. The number of halogens is 1. The van der Waals surface area contributed by atoms with Gasteiger partial charge in [0.25, 0.3) is 5.91 Å². The monoisotopic (exact) mass is 288 g/mol. The first kappa shape index (κ1) is 13.4. The topological polar surface area (TPSA) is 33.2 Å². The van der Waals surface area contributed by atoms with E-state index in [2.05, 4.69) is 11.9 Å². The molecular formula is C16H17ClN2O. The molecule has 1 aliphatic carbocycles. The van der Waals surface area contributed by atoms with Gasteiger partial charge >= 0.3 is 0 Å². The third kappa shape index (κ3) is 2.50. The van der Waals surface area contributed by atoms with Crippen LogP contribution < -0.4 is 0 Å². The first-order valence-electron chi connectivity index (χ1n) is 6.87. The smallest absolute Gasteiger partial charge is 0.254 e. The summed E-state index contributed by atoms with van der Waals surface area (Å²) in [6.07, 6.45) is 1.22. The third-order valence-electron chi connectivity index (χ3n) is 4.05. The van der Waals surface area contributed by atoms with E-state index in [4.69, 9.17) is 11.6 Å². The highest BCUT2D eigenvalue weighted by atomic mass is 35.5. The van der Waals surface area contributed by atoms with Crippen LogP contribution in [0.25, 0.3) is 10.9 Å². The van der Waals surface area contributed by atoms with Crippen molar-refractivity contribution < 1.29 is 4.79 Å². The lowest BCUT2D eigenvalue weighted by atomic mass is 10.1. The molecule has 0 saturated heterocycles. The molecule has 0 N–H and O–H groups in total. The van der Waals surface area contributed by atoms with Crippen LogP contribution in [0.1, 0.15) is 23.7 Å². The lowest BCUT2D eigenvalue weighted by Gasteiger charge is -2.18. The fraction of sp³-hybridized carbons (Fsp3) is 0.375. The van der Waals surface area contributed by atoms with Gasteiger partial charge in [0.15, 0.2) is 0 Å². The lowest BCUT2D eigenvalue weighted by molar-refractivity contribution is 0.0789. The number of rotatable bonds is 3. The molecule has 4 heteroatoms. The van der Waals surface area contributed by atoms with Gasteiger partial charge in [-0.05, 0) is 30.4 Å². The minimum Gasteiger partial charge on any atom is -0.341 e. The second-order valence-corrected chi connectivity index (χ2v) is 6.06. The van der Waals surface area contributed by atoms with Gasteiger partial charge in [0.2, 0.25) is 0 Å². The van der Waals surface area contributed by atoms with E-state index >= 15 is 0 Å². The Hall–Kier alpha value is -1.61. The van der Waals surface area contributed by atoms with Crippen LogP contribution in [-0.2, 0) is 0 Å². The Balaban J connectivity index is 1.94. The van der Waals surface area contributed by atoms with Crippen LogP contribution in [-0.4, -0.2) is 29.4 Å². The Morgan fingerprint density at radius 3 is 2.85 bits per heavy atom. The van der Waals surface area contributed by atoms with E-state index < -0.39 is 0 Å². The maximum atomic E-state index is 12.6. The van der Waals surface area contributed by atoms with E-state index in [0.717, 1.165) is 23.4 Å². The molecule has 2 aromatic rings. The number of para-hydroxylation sites is 1. The first-order valence-corrected chi connectivity index (χ1v) is 7.25. The number of amides is 1. The van der Waals surface area contributed by atoms with Gasteiger partial charge in [0, 0.05) is 19.0 Å². The van der Waals surface area contributed by atoms with E-state index in [1.165, 1.54) is 6.42 Å². The van der Waals surface area contributed by atoms with Crippen LogP contribution in [0.15, 0.2) is 30.3 Å². The number of hydrogen-bond acceptors (Lipinski definition) is 2. The summed E-state index contributed by atoms with van der Waals surface area (Å²) >= 11 is 6.03. The fourth-order valence-corrected chi connectivity index (χ4v) is 2.81. The number of fused-ring (bicyclic) bond motifs is 1. The van der Waals surface area contributed by atoms with Crippen molar-refractivity contribution in [3.8, 4) is 0 Å². The second-order valence-electron chi connectivity index (χ2n) is 5.67. The number of carbonyl (C=O) groups excluding carboxylic acids is 1. The number of nitrogens with zero attached hydrogens (tertiary/aromatic N) is 2. The van der Waals surface area contributed by atoms with Crippen LogP contribution in [0, 0.1) is 11.8 Å². The predicted molar refractivity (Wildman–Crippen MR) is 81.0 cm³/mol. The van der Waals surface area contributed by atoms with Crippen molar-refractivity contribution in [1.82, 2.24) is 9.88 Å². The molecule has 1 aliphatic rings. The van der Waals surface area contributed by atoms with Gasteiger partial charge in [0.05, 0.1) is 11.1 Å². The molecule has 1 fully saturated rings. The standard InChI is InChI=1S/C16H17ClN2O/c1-10-7-11(10)9-19(2)16(20)13-8-15(17)18-14-6-4-3-5-12(13)14/h3-6,8,10-11H,7,9H2,1-2H3. The zero-order valence-electron chi connectivity index (χ0n) is 11.6. The van der Waals surface area contributed by atoms with Gasteiger partial charge in [-0.1, -0.05) is 36.7 Å². The van der Waals surface area contributed by atoms with Gasteiger partial charge in [0.1, 0.15) is 5.15 Å². The summed E-state index contributed by atoms with van der Waals surface area (Å²) in [6.45, 7) is 3.04. The Bertz CT molecular complexity index is 671. The lowest BCUT2D eigenvalue weighted by Crippen LogP contribution is -2.29. The van der Waals surface area contributed by atoms with Crippen molar-refractivity contribution in [2.75, 3.05) is 13.6 Å². The Labute approximate surface area is 123 Å². The molecule has 3 nitrogen and oxygen atoms in total. The Morgan fingerprint density at radius 1 is 1.45 bits per heavy atom. The molecule has 1 aromatic heterocycles. The van der Waals surface area contributed by atoms with Gasteiger partial charge in [-0.3, -0.25) is 4.79 Å². The maximum Gasteiger partial charge on any atom is 0.254 e. The SMILES string of the molecule is CC1CC1CN(C)C(=O)c1cc(Cl)nc2ccccc12. The van der Waals surface area contributed by atoms with E-state index in [1.54, 1.807) is 11.0 Å². The maximum absolute atomic E-state index is 12.6. The predicted octanol–water partition coefficient (Wildman–Crippen LogP) is 3.62. The van der Waals surface area contributed by atoms with Crippen molar-refractivity contribution >= 4 is 28.4 Å². The molecule has 1 amide bonds. The number of pyridine rings is 1. The van der Waals surface area contributed by atoms with Gasteiger partial charge in [-0.25, -0.2) is 4.98 Å². The minimum atomic E-state index is 0.0181. The summed E-state index contributed by atoms with van der Waals surface area (Å²) in [5, 5.41) is 1.22. The molecule has 2 unspecified atom stereocenters. The van der Waals surface area contributed by atoms with Crippen molar-refractivity contribution in [2.45, 2.75) is 13.3 Å². The molecule has 2 atom stereocenters. The molecule has 3 rings (SSSR count). The van der Waals surface area contributed by atoms with E-state index in [-0.39, 0.29) is 5.91 Å². The summed E-state index contributed by atoms with van der Waals surface area (Å²) in [6, 6.07) is 9.27. The highest BCUT2D eigenvalue weighted by Crippen LogP contribution is 2.38. The zero-order valence-corrected chi connectivity index (χ0v) is 12.4. The Morgan fingerprint density at radius 2 is 2.15 bits per heavy atom. The third-order valence-corrected chi connectivity index (χ3v) is 4.24. The number of carbonyl (C=O) groups is 1. The molecule has 0 radical (unpaired) electrons. The first-order chi connectivity index (χ1) is 9.56. The number of benzene rings is 1. The normalized spacial score (nSPS) is 20.9. The van der Waals surface area contributed by atoms with Gasteiger partial charge in [-0.2, -0.15) is 0 Å². The van der Waals surface area contributed by atoms with Crippen LogP contribution in [0.2, 0.25) is 5.15 Å². The molecule has 0 aliphatic heterocycles. The van der Waals surface area contributed by atoms with E-state index in [0.29, 0.717) is 16.6 Å². The van der Waals surface area contributed by atoms with Gasteiger partial charge < -0.3 is 4.90 Å². The van der Waals surface area contributed by atoms with Crippen molar-refractivity contribution in [3.05, 3.63) is 41.0 Å². The molecule has 104 valence electrons. The summed E-state index contributed by atoms with van der Waals surface area (Å²) in [4.78, 5) is 18.7. The largest absolute Gasteiger partial charge is 0.341 e. The van der Waals surface area contributed by atoms with Crippen LogP contribution in [0.3, 0.4) is 0 Å². The van der Waals surface area contributed by atoms with Crippen LogP contribution >= 0.6 is 11.6 Å². The van der Waals surface area contributed by atoms with Crippen LogP contribution in [0.4, 0.5) is 0 Å². The van der Waals surface area contributed by atoms with Crippen molar-refractivity contribution in [2.24, 2.45) is 11.8 Å². The summed E-state index contributed by atoms with van der Waals surface area (Å²) < 4.78 is 0. The van der Waals surface area contributed by atoms with Crippen LogP contribution in [0.5, 0.6) is 0 Å². The second kappa shape index (κ2) is 5.06. The molecule has 0 bridgehead atoms. The molecule has 1 heterocycles. The zero-order chi connectivity index (χ0) is 14.3. The van der Waals surface area contributed by atoms with Crippen molar-refractivity contribution in [3.63, 3.8) is 0 Å². The molecule has 1 saturated carbocycles.